The van der Waals surface area contributed by atoms with Crippen molar-refractivity contribution in [2.24, 2.45) is 0 Å². The molecule has 34 heavy (non-hydrogen) atoms. The molecule has 0 saturated carbocycles. The van der Waals surface area contributed by atoms with Gasteiger partial charge in [-0.25, -0.2) is 9.78 Å². The van der Waals surface area contributed by atoms with Gasteiger partial charge in [0.25, 0.3) is 5.56 Å². The van der Waals surface area contributed by atoms with Crippen LogP contribution < -0.4 is 30.4 Å². The maximum Gasteiger partial charge on any atom is 0.323 e. The lowest BCUT2D eigenvalue weighted by Crippen LogP contribution is -2.20. The Morgan fingerprint density at radius 3 is 2.50 bits per heavy atom. The minimum atomic E-state index is -0.488. The van der Waals surface area contributed by atoms with Crippen molar-refractivity contribution in [3.63, 3.8) is 0 Å². The molecular weight excluding hydrogens is 460 g/mol. The fraction of sp³-hybridized carbons (Fsp3) is 0.125. The molecular formula is C24H21ClN4O5. The number of hydrogen-bond donors (Lipinski definition) is 2. The first kappa shape index (κ1) is 22.9. The van der Waals surface area contributed by atoms with Crippen molar-refractivity contribution in [1.82, 2.24) is 9.38 Å². The first-order chi connectivity index (χ1) is 16.5. The lowest BCUT2D eigenvalue weighted by Gasteiger charge is -2.15. The van der Waals surface area contributed by atoms with Gasteiger partial charge in [-0.3, -0.25) is 9.20 Å². The smallest absolute Gasteiger partial charge is 0.323 e. The van der Waals surface area contributed by atoms with E-state index in [9.17, 15) is 9.59 Å². The molecule has 0 fully saturated rings. The molecule has 10 heteroatoms. The van der Waals surface area contributed by atoms with Crippen molar-refractivity contribution >= 4 is 34.7 Å². The van der Waals surface area contributed by atoms with E-state index in [1.54, 1.807) is 61.7 Å². The molecule has 0 spiro atoms. The summed E-state index contributed by atoms with van der Waals surface area (Å²) < 4.78 is 17.7. The predicted octanol–water partition coefficient (Wildman–Crippen LogP) is 4.59. The van der Waals surface area contributed by atoms with Crippen molar-refractivity contribution in [2.75, 3.05) is 24.9 Å². The molecule has 2 N–H and O–H groups in total. The minimum absolute atomic E-state index is 0.0288. The van der Waals surface area contributed by atoms with Crippen LogP contribution in [-0.4, -0.2) is 29.6 Å². The van der Waals surface area contributed by atoms with Gasteiger partial charge in [0.1, 0.15) is 29.5 Å². The molecule has 9 nitrogen and oxygen atoms in total. The molecule has 2 amide bonds. The first-order valence-corrected chi connectivity index (χ1v) is 10.5. The van der Waals surface area contributed by atoms with Gasteiger partial charge in [0.2, 0.25) is 0 Å². The van der Waals surface area contributed by atoms with E-state index in [4.69, 9.17) is 25.8 Å². The number of amides is 2. The Bertz CT molecular complexity index is 1410. The second-order valence-electron chi connectivity index (χ2n) is 7.09. The number of hydrogen-bond acceptors (Lipinski definition) is 6. The summed E-state index contributed by atoms with van der Waals surface area (Å²) >= 11 is 5.95. The number of pyridine rings is 1. The Balaban J connectivity index is 1.47. The zero-order valence-corrected chi connectivity index (χ0v) is 19.1. The molecule has 4 aromatic rings. The zero-order chi connectivity index (χ0) is 24.1. The molecule has 2 aromatic carbocycles. The fourth-order valence-electron chi connectivity index (χ4n) is 3.23. The average Bonchev–Trinajstić information content (AvgIpc) is 2.84. The van der Waals surface area contributed by atoms with E-state index >= 15 is 0 Å². The number of para-hydroxylation sites is 2. The highest BCUT2D eigenvalue weighted by Gasteiger charge is 2.12. The molecule has 0 bridgehead atoms. The maximum atomic E-state index is 12.6. The molecule has 0 aliphatic heterocycles. The fourth-order valence-corrected chi connectivity index (χ4v) is 3.39. The van der Waals surface area contributed by atoms with Crippen LogP contribution in [0, 0.1) is 0 Å². The topological polar surface area (TPSA) is 103 Å². The number of methoxy groups -OCH3 is 2. The van der Waals surface area contributed by atoms with Crippen molar-refractivity contribution in [3.8, 4) is 17.2 Å². The van der Waals surface area contributed by atoms with Crippen molar-refractivity contribution in [2.45, 2.75) is 6.61 Å². The van der Waals surface area contributed by atoms with Crippen LogP contribution in [0.3, 0.4) is 0 Å². The monoisotopic (exact) mass is 480 g/mol. The van der Waals surface area contributed by atoms with E-state index in [2.05, 4.69) is 15.6 Å². The number of aromatic nitrogens is 2. The number of carbonyl (C=O) groups excluding carboxylic acids is 1. The molecule has 0 saturated heterocycles. The van der Waals surface area contributed by atoms with Gasteiger partial charge in [-0.05, 0) is 36.4 Å². The van der Waals surface area contributed by atoms with Crippen LogP contribution in [0.25, 0.3) is 5.65 Å². The van der Waals surface area contributed by atoms with Crippen LogP contribution in [0.2, 0.25) is 5.02 Å². The number of fused-ring (bicyclic) bond motifs is 1. The number of carbonyl (C=O) groups is 1. The highest BCUT2D eigenvalue weighted by molar-refractivity contribution is 6.30. The van der Waals surface area contributed by atoms with Crippen LogP contribution in [0.15, 0.2) is 71.7 Å². The summed E-state index contributed by atoms with van der Waals surface area (Å²) in [7, 11) is 3.05. The van der Waals surface area contributed by atoms with Crippen molar-refractivity contribution in [1.29, 1.82) is 0 Å². The Morgan fingerprint density at radius 2 is 1.74 bits per heavy atom. The summed E-state index contributed by atoms with van der Waals surface area (Å²) in [4.78, 5) is 29.4. The van der Waals surface area contributed by atoms with Gasteiger partial charge >= 0.3 is 6.03 Å². The number of nitrogens with zero attached hydrogens (tertiary/aromatic N) is 2. The van der Waals surface area contributed by atoms with Crippen LogP contribution in [0.5, 0.6) is 17.2 Å². The standard InChI is InChI=1S/C24H21ClN4O5/c1-32-17-8-9-19(21(12-17)33-2)28-24(31)27-18-5-3-4-6-20(18)34-14-16-11-23(30)29-13-15(25)7-10-22(29)26-16/h3-13H,14H2,1-2H3,(H2,27,28,31). The number of anilines is 2. The summed E-state index contributed by atoms with van der Waals surface area (Å²) in [6.07, 6.45) is 1.51. The van der Waals surface area contributed by atoms with E-state index < -0.39 is 6.03 Å². The van der Waals surface area contributed by atoms with Crippen LogP contribution in [-0.2, 0) is 6.61 Å². The van der Waals surface area contributed by atoms with E-state index in [0.717, 1.165) is 0 Å². The molecule has 0 atom stereocenters. The van der Waals surface area contributed by atoms with Gasteiger partial charge in [0.15, 0.2) is 0 Å². The summed E-state index contributed by atoms with van der Waals surface area (Å²) in [5.41, 5.74) is 1.53. The van der Waals surface area contributed by atoms with Gasteiger partial charge in [0, 0.05) is 18.3 Å². The molecule has 174 valence electrons. The molecule has 0 aliphatic carbocycles. The number of ether oxygens (including phenoxy) is 3. The van der Waals surface area contributed by atoms with Crippen LogP contribution in [0.4, 0.5) is 16.2 Å². The minimum Gasteiger partial charge on any atom is -0.497 e. The maximum absolute atomic E-state index is 12.6. The molecule has 0 radical (unpaired) electrons. The Kier molecular flexibility index (Phi) is 6.84. The van der Waals surface area contributed by atoms with Crippen molar-refractivity contribution < 1.29 is 19.0 Å². The SMILES string of the molecule is COc1ccc(NC(=O)Nc2ccccc2OCc2cc(=O)n3cc(Cl)ccc3n2)c(OC)c1. The third kappa shape index (κ3) is 5.21. The van der Waals surface area contributed by atoms with E-state index in [1.165, 1.54) is 23.8 Å². The number of urea groups is 1. The molecule has 4 rings (SSSR count). The summed E-state index contributed by atoms with van der Waals surface area (Å²) in [6.45, 7) is 0.0288. The third-order valence-electron chi connectivity index (χ3n) is 4.84. The largest absolute Gasteiger partial charge is 0.497 e. The highest BCUT2D eigenvalue weighted by atomic mass is 35.5. The molecule has 2 aromatic heterocycles. The van der Waals surface area contributed by atoms with Gasteiger partial charge in [-0.15, -0.1) is 0 Å². The molecule has 0 aliphatic rings. The summed E-state index contributed by atoms with van der Waals surface area (Å²) in [6, 6.07) is 16.2. The lowest BCUT2D eigenvalue weighted by atomic mass is 10.2. The highest BCUT2D eigenvalue weighted by Crippen LogP contribution is 2.30. The number of nitrogens with one attached hydrogen (secondary N) is 2. The van der Waals surface area contributed by atoms with Gasteiger partial charge < -0.3 is 24.8 Å². The van der Waals surface area contributed by atoms with Crippen molar-refractivity contribution in [3.05, 3.63) is 87.9 Å². The number of halogens is 1. The first-order valence-electron chi connectivity index (χ1n) is 10.2. The van der Waals surface area contributed by atoms with E-state index in [0.29, 0.717) is 45.0 Å². The lowest BCUT2D eigenvalue weighted by molar-refractivity contribution is 0.261. The second-order valence-corrected chi connectivity index (χ2v) is 7.53. The Hall–Kier alpha value is -4.24. The quantitative estimate of drug-likeness (QED) is 0.401. The van der Waals surface area contributed by atoms with Crippen LogP contribution in [0.1, 0.15) is 5.69 Å². The third-order valence-corrected chi connectivity index (χ3v) is 5.07. The summed E-state index contributed by atoms with van der Waals surface area (Å²) in [5.74, 6) is 1.47. The average molecular weight is 481 g/mol. The molecule has 0 unspecified atom stereocenters. The Labute approximate surface area is 199 Å². The Morgan fingerprint density at radius 1 is 0.971 bits per heavy atom. The molecule has 2 heterocycles. The zero-order valence-electron chi connectivity index (χ0n) is 18.4. The predicted molar refractivity (Wildman–Crippen MR) is 129 cm³/mol. The van der Waals surface area contributed by atoms with E-state index in [-0.39, 0.29) is 12.2 Å². The van der Waals surface area contributed by atoms with E-state index in [1.807, 2.05) is 0 Å². The van der Waals surface area contributed by atoms with Gasteiger partial charge in [0.05, 0.1) is 36.3 Å². The number of benzene rings is 2. The van der Waals surface area contributed by atoms with Gasteiger partial charge in [-0.1, -0.05) is 23.7 Å². The van der Waals surface area contributed by atoms with Gasteiger partial charge in [-0.2, -0.15) is 0 Å². The number of rotatable bonds is 7. The second kappa shape index (κ2) is 10.1. The van der Waals surface area contributed by atoms with Crippen LogP contribution >= 0.6 is 11.6 Å². The summed E-state index contributed by atoms with van der Waals surface area (Å²) in [5, 5.41) is 5.94. The normalized spacial score (nSPS) is 10.6.